The van der Waals surface area contributed by atoms with Gasteiger partial charge in [0.2, 0.25) is 11.8 Å². The van der Waals surface area contributed by atoms with Crippen LogP contribution in [0.3, 0.4) is 0 Å². The van der Waals surface area contributed by atoms with Gasteiger partial charge in [-0.2, -0.15) is 0 Å². The summed E-state index contributed by atoms with van der Waals surface area (Å²) in [7, 11) is 0. The van der Waals surface area contributed by atoms with E-state index in [0.29, 0.717) is 32.7 Å². The first-order chi connectivity index (χ1) is 13.1. The molecular formula is C19H23N5O3. The zero-order valence-electron chi connectivity index (χ0n) is 15.0. The highest BCUT2D eigenvalue weighted by Gasteiger charge is 2.31. The lowest BCUT2D eigenvalue weighted by Crippen LogP contribution is -2.59. The number of piperazine rings is 1. The molecule has 27 heavy (non-hydrogen) atoms. The monoisotopic (exact) mass is 369 g/mol. The number of carbonyl (C=O) groups excluding carboxylic acids is 2. The predicted octanol–water partition coefficient (Wildman–Crippen LogP) is -0.250. The van der Waals surface area contributed by atoms with Crippen molar-refractivity contribution in [3.63, 3.8) is 0 Å². The van der Waals surface area contributed by atoms with Crippen LogP contribution in [0.25, 0.3) is 0 Å². The fourth-order valence-corrected chi connectivity index (χ4v) is 3.04. The summed E-state index contributed by atoms with van der Waals surface area (Å²) >= 11 is 0. The Labute approximate surface area is 157 Å². The summed E-state index contributed by atoms with van der Waals surface area (Å²) in [5.74, 6) is -0.344. The summed E-state index contributed by atoms with van der Waals surface area (Å²) in [4.78, 5) is 42.8. The Morgan fingerprint density at radius 2 is 2.07 bits per heavy atom. The first kappa shape index (κ1) is 18.8. The third-order valence-corrected chi connectivity index (χ3v) is 4.50. The molecule has 2 aromatic heterocycles. The second-order valence-corrected chi connectivity index (χ2v) is 6.33. The van der Waals surface area contributed by atoms with E-state index >= 15 is 0 Å². The summed E-state index contributed by atoms with van der Waals surface area (Å²) in [5, 5.41) is 6.00. The zero-order valence-corrected chi connectivity index (χ0v) is 15.0. The van der Waals surface area contributed by atoms with Gasteiger partial charge < -0.3 is 20.1 Å². The van der Waals surface area contributed by atoms with Crippen LogP contribution in [0.2, 0.25) is 0 Å². The fraction of sp³-hybridized carbons (Fsp3) is 0.368. The maximum Gasteiger partial charge on any atom is 0.250 e. The average molecular weight is 369 g/mol. The van der Waals surface area contributed by atoms with Crippen LogP contribution in [-0.4, -0.2) is 51.9 Å². The fourth-order valence-electron chi connectivity index (χ4n) is 3.04. The molecule has 0 spiro atoms. The van der Waals surface area contributed by atoms with Gasteiger partial charge in [-0.1, -0.05) is 12.1 Å². The van der Waals surface area contributed by atoms with Crippen molar-refractivity contribution >= 4 is 11.8 Å². The van der Waals surface area contributed by atoms with Crippen molar-refractivity contribution in [2.75, 3.05) is 19.6 Å². The van der Waals surface area contributed by atoms with Crippen molar-refractivity contribution in [3.05, 3.63) is 64.8 Å². The van der Waals surface area contributed by atoms with E-state index in [2.05, 4.69) is 15.6 Å². The van der Waals surface area contributed by atoms with Crippen LogP contribution < -0.4 is 16.2 Å². The minimum absolute atomic E-state index is 0.134. The number of nitrogens with one attached hydrogen (secondary N) is 2. The molecule has 3 heterocycles. The first-order valence-corrected chi connectivity index (χ1v) is 8.98. The van der Waals surface area contributed by atoms with Crippen LogP contribution in [0.5, 0.6) is 0 Å². The summed E-state index contributed by atoms with van der Waals surface area (Å²) in [6.45, 7) is 2.12. The van der Waals surface area contributed by atoms with Crippen LogP contribution in [0.1, 0.15) is 12.1 Å². The molecule has 1 saturated heterocycles. The standard InChI is InChI=1S/C19H23N5O3/c25-17-6-2-4-10-23(17)11-7-18(26)24-12-9-20-14-16(24)19(27)22-13-15-5-1-3-8-21-15/h1-6,8,10,16,20H,7,9,11-14H2,(H,22,27)/t16-/m0/s1. The van der Waals surface area contributed by atoms with Crippen LogP contribution in [0.4, 0.5) is 0 Å². The van der Waals surface area contributed by atoms with Gasteiger partial charge in [-0.05, 0) is 18.2 Å². The second-order valence-electron chi connectivity index (χ2n) is 6.33. The van der Waals surface area contributed by atoms with E-state index in [1.165, 1.54) is 10.6 Å². The Morgan fingerprint density at radius 1 is 1.22 bits per heavy atom. The quantitative estimate of drug-likeness (QED) is 0.732. The molecule has 1 atom stereocenters. The Balaban J connectivity index is 1.58. The van der Waals surface area contributed by atoms with E-state index in [1.807, 2.05) is 18.2 Å². The number of carbonyl (C=O) groups is 2. The van der Waals surface area contributed by atoms with Crippen LogP contribution in [0, 0.1) is 0 Å². The minimum atomic E-state index is -0.567. The average Bonchev–Trinajstić information content (AvgIpc) is 2.72. The number of hydrogen-bond acceptors (Lipinski definition) is 5. The van der Waals surface area contributed by atoms with Gasteiger partial charge in [0, 0.05) is 51.1 Å². The highest BCUT2D eigenvalue weighted by atomic mass is 16.2. The van der Waals surface area contributed by atoms with Crippen molar-refractivity contribution in [3.8, 4) is 0 Å². The Hall–Kier alpha value is -3.00. The van der Waals surface area contributed by atoms with Gasteiger partial charge in [0.1, 0.15) is 6.04 Å². The SMILES string of the molecule is O=C(NCc1ccccn1)[C@@H]1CNCCN1C(=O)CCn1ccccc1=O. The first-order valence-electron chi connectivity index (χ1n) is 8.98. The van der Waals surface area contributed by atoms with E-state index in [9.17, 15) is 14.4 Å². The number of amides is 2. The number of pyridine rings is 2. The van der Waals surface area contributed by atoms with E-state index in [-0.39, 0.29) is 23.8 Å². The lowest BCUT2D eigenvalue weighted by atomic mass is 10.1. The Bertz CT molecular complexity index is 836. The predicted molar refractivity (Wildman–Crippen MR) is 99.8 cm³/mol. The number of rotatable bonds is 6. The topological polar surface area (TPSA) is 96.3 Å². The molecule has 1 aliphatic rings. The smallest absolute Gasteiger partial charge is 0.250 e. The zero-order chi connectivity index (χ0) is 19.1. The molecule has 0 saturated carbocycles. The molecule has 8 nitrogen and oxygen atoms in total. The van der Waals surface area contributed by atoms with E-state index in [1.54, 1.807) is 29.4 Å². The van der Waals surface area contributed by atoms with Crippen molar-refractivity contribution in [1.82, 2.24) is 25.1 Å². The molecule has 0 bridgehead atoms. The molecule has 1 fully saturated rings. The number of nitrogens with zero attached hydrogens (tertiary/aromatic N) is 3. The molecule has 0 radical (unpaired) electrons. The molecule has 2 aromatic rings. The molecular weight excluding hydrogens is 346 g/mol. The molecule has 142 valence electrons. The largest absolute Gasteiger partial charge is 0.349 e. The molecule has 1 aliphatic heterocycles. The van der Waals surface area contributed by atoms with Gasteiger partial charge in [-0.25, -0.2) is 0 Å². The lowest BCUT2D eigenvalue weighted by Gasteiger charge is -2.35. The van der Waals surface area contributed by atoms with E-state index in [0.717, 1.165) is 5.69 Å². The third-order valence-electron chi connectivity index (χ3n) is 4.50. The highest BCUT2D eigenvalue weighted by molar-refractivity contribution is 5.88. The minimum Gasteiger partial charge on any atom is -0.349 e. The van der Waals surface area contributed by atoms with Crippen molar-refractivity contribution in [2.45, 2.75) is 25.6 Å². The number of aryl methyl sites for hydroxylation is 1. The van der Waals surface area contributed by atoms with Crippen molar-refractivity contribution < 1.29 is 9.59 Å². The third kappa shape index (κ3) is 5.01. The summed E-state index contributed by atoms with van der Waals surface area (Å²) < 4.78 is 1.50. The van der Waals surface area contributed by atoms with E-state index in [4.69, 9.17) is 0 Å². The van der Waals surface area contributed by atoms with Gasteiger partial charge in [0.05, 0.1) is 12.2 Å². The van der Waals surface area contributed by atoms with E-state index < -0.39 is 6.04 Å². The Morgan fingerprint density at radius 3 is 2.85 bits per heavy atom. The molecule has 0 aliphatic carbocycles. The lowest BCUT2D eigenvalue weighted by molar-refractivity contribution is -0.141. The van der Waals surface area contributed by atoms with Crippen LogP contribution in [-0.2, 0) is 22.7 Å². The summed E-state index contributed by atoms with van der Waals surface area (Å²) in [6.07, 6.45) is 3.50. The Kier molecular flexibility index (Phi) is 6.32. The van der Waals surface area contributed by atoms with Gasteiger partial charge in [-0.15, -0.1) is 0 Å². The second kappa shape index (κ2) is 9.09. The van der Waals surface area contributed by atoms with Crippen LogP contribution in [0.15, 0.2) is 53.6 Å². The number of hydrogen-bond donors (Lipinski definition) is 2. The molecule has 0 unspecified atom stereocenters. The molecule has 2 amide bonds. The molecule has 2 N–H and O–H groups in total. The molecule has 8 heteroatoms. The van der Waals surface area contributed by atoms with Gasteiger partial charge in [0.25, 0.3) is 5.56 Å². The summed E-state index contributed by atoms with van der Waals surface area (Å²) in [5.41, 5.74) is 0.617. The summed E-state index contributed by atoms with van der Waals surface area (Å²) in [6, 6.07) is 9.82. The molecule has 3 rings (SSSR count). The van der Waals surface area contributed by atoms with Gasteiger partial charge >= 0.3 is 0 Å². The maximum atomic E-state index is 12.7. The van der Waals surface area contributed by atoms with Gasteiger partial charge in [0.15, 0.2) is 0 Å². The number of aromatic nitrogens is 2. The van der Waals surface area contributed by atoms with Crippen molar-refractivity contribution in [1.29, 1.82) is 0 Å². The van der Waals surface area contributed by atoms with Crippen molar-refractivity contribution in [2.24, 2.45) is 0 Å². The van der Waals surface area contributed by atoms with Crippen LogP contribution >= 0.6 is 0 Å². The van der Waals surface area contributed by atoms with Gasteiger partial charge in [-0.3, -0.25) is 19.4 Å². The molecule has 0 aromatic carbocycles. The highest BCUT2D eigenvalue weighted by Crippen LogP contribution is 2.07. The normalized spacial score (nSPS) is 16.7. The maximum absolute atomic E-state index is 12.7.